The standard InChI is InChI=1S/C15H22O2/c1-9(2)11-6-7-13(15(16)17)12-5-4-10(3)8-14(11)12/h7-9,11-12,14H,4-6H2,1-3H3,(H,16,17)/t11-,12+,14-/m0/s1. The number of hydrogen-bond donors (Lipinski definition) is 1. The maximum Gasteiger partial charge on any atom is 0.331 e. The van der Waals surface area contributed by atoms with Crippen molar-refractivity contribution in [3.05, 3.63) is 23.3 Å². The second-order valence-electron chi connectivity index (χ2n) is 5.84. The number of hydrogen-bond acceptors (Lipinski definition) is 1. The molecule has 0 spiro atoms. The summed E-state index contributed by atoms with van der Waals surface area (Å²) in [4.78, 5) is 11.3. The van der Waals surface area contributed by atoms with Gasteiger partial charge in [-0.3, -0.25) is 0 Å². The smallest absolute Gasteiger partial charge is 0.331 e. The Kier molecular flexibility index (Phi) is 3.41. The molecule has 0 amide bonds. The van der Waals surface area contributed by atoms with E-state index >= 15 is 0 Å². The molecular formula is C15H22O2. The van der Waals surface area contributed by atoms with Gasteiger partial charge in [0.1, 0.15) is 0 Å². The van der Waals surface area contributed by atoms with E-state index in [1.807, 2.05) is 6.08 Å². The van der Waals surface area contributed by atoms with E-state index in [1.165, 1.54) is 5.57 Å². The summed E-state index contributed by atoms with van der Waals surface area (Å²) in [5.74, 6) is 1.21. The van der Waals surface area contributed by atoms with Gasteiger partial charge >= 0.3 is 5.97 Å². The van der Waals surface area contributed by atoms with Crippen LogP contribution < -0.4 is 0 Å². The average Bonchev–Trinajstić information content (AvgIpc) is 2.26. The summed E-state index contributed by atoms with van der Waals surface area (Å²) in [6.07, 6.45) is 7.30. The molecule has 0 aliphatic heterocycles. The molecule has 0 radical (unpaired) electrons. The number of fused-ring (bicyclic) bond motifs is 1. The van der Waals surface area contributed by atoms with Gasteiger partial charge in [-0.2, -0.15) is 0 Å². The van der Waals surface area contributed by atoms with E-state index in [0.29, 0.717) is 23.3 Å². The van der Waals surface area contributed by atoms with Gasteiger partial charge in [0.05, 0.1) is 0 Å². The van der Waals surface area contributed by atoms with E-state index in [-0.39, 0.29) is 5.92 Å². The molecule has 0 aromatic heterocycles. The van der Waals surface area contributed by atoms with Gasteiger partial charge in [-0.15, -0.1) is 0 Å². The van der Waals surface area contributed by atoms with Crippen LogP contribution in [0.15, 0.2) is 23.3 Å². The summed E-state index contributed by atoms with van der Waals surface area (Å²) in [5, 5.41) is 9.28. The fourth-order valence-electron chi connectivity index (χ4n) is 3.42. The lowest BCUT2D eigenvalue weighted by Crippen LogP contribution is -2.34. The summed E-state index contributed by atoms with van der Waals surface area (Å²) >= 11 is 0. The van der Waals surface area contributed by atoms with Gasteiger partial charge in [0.2, 0.25) is 0 Å². The maximum absolute atomic E-state index is 11.3. The fourth-order valence-corrected chi connectivity index (χ4v) is 3.42. The number of aliphatic carboxylic acids is 1. The van der Waals surface area contributed by atoms with Gasteiger partial charge in [0.25, 0.3) is 0 Å². The Morgan fingerprint density at radius 3 is 2.76 bits per heavy atom. The summed E-state index contributed by atoms with van der Waals surface area (Å²) in [7, 11) is 0. The molecule has 2 rings (SSSR count). The minimum Gasteiger partial charge on any atom is -0.478 e. The number of carboxylic acid groups (broad SMARTS) is 1. The highest BCUT2D eigenvalue weighted by atomic mass is 16.4. The van der Waals surface area contributed by atoms with Crippen LogP contribution in [0.25, 0.3) is 0 Å². The van der Waals surface area contributed by atoms with E-state index in [1.54, 1.807) is 0 Å². The third-order valence-electron chi connectivity index (χ3n) is 4.40. The molecule has 2 nitrogen and oxygen atoms in total. The van der Waals surface area contributed by atoms with Crippen LogP contribution in [0.2, 0.25) is 0 Å². The van der Waals surface area contributed by atoms with Crippen LogP contribution in [0.3, 0.4) is 0 Å². The van der Waals surface area contributed by atoms with Gasteiger partial charge in [-0.05, 0) is 49.9 Å². The predicted molar refractivity (Wildman–Crippen MR) is 68.6 cm³/mol. The lowest BCUT2D eigenvalue weighted by Gasteiger charge is -2.40. The Morgan fingerprint density at radius 1 is 1.47 bits per heavy atom. The van der Waals surface area contributed by atoms with Crippen molar-refractivity contribution in [3.8, 4) is 0 Å². The van der Waals surface area contributed by atoms with E-state index in [9.17, 15) is 9.90 Å². The summed E-state index contributed by atoms with van der Waals surface area (Å²) < 4.78 is 0. The first-order valence-electron chi connectivity index (χ1n) is 6.61. The highest BCUT2D eigenvalue weighted by molar-refractivity contribution is 5.87. The number of carboxylic acids is 1. The van der Waals surface area contributed by atoms with Gasteiger partial charge in [-0.25, -0.2) is 4.79 Å². The second-order valence-corrected chi connectivity index (χ2v) is 5.84. The maximum atomic E-state index is 11.3. The van der Waals surface area contributed by atoms with Crippen LogP contribution in [0, 0.1) is 23.7 Å². The largest absolute Gasteiger partial charge is 0.478 e. The fraction of sp³-hybridized carbons (Fsp3) is 0.667. The van der Waals surface area contributed by atoms with Crippen LogP contribution in [-0.4, -0.2) is 11.1 Å². The van der Waals surface area contributed by atoms with Crippen molar-refractivity contribution in [3.63, 3.8) is 0 Å². The van der Waals surface area contributed by atoms with Crippen molar-refractivity contribution in [1.29, 1.82) is 0 Å². The third-order valence-corrected chi connectivity index (χ3v) is 4.40. The lowest BCUT2D eigenvalue weighted by molar-refractivity contribution is -0.133. The molecule has 0 aromatic rings. The van der Waals surface area contributed by atoms with Crippen molar-refractivity contribution < 1.29 is 9.90 Å². The zero-order valence-corrected chi connectivity index (χ0v) is 10.9. The molecule has 0 heterocycles. The van der Waals surface area contributed by atoms with Crippen molar-refractivity contribution in [1.82, 2.24) is 0 Å². The van der Waals surface area contributed by atoms with Crippen LogP contribution in [0.1, 0.15) is 40.0 Å². The first-order valence-corrected chi connectivity index (χ1v) is 6.61. The Hall–Kier alpha value is -1.05. The highest BCUT2D eigenvalue weighted by Crippen LogP contribution is 2.45. The first kappa shape index (κ1) is 12.4. The molecule has 0 bridgehead atoms. The molecule has 2 heteroatoms. The quantitative estimate of drug-likeness (QED) is 0.740. The molecule has 2 aliphatic rings. The molecular weight excluding hydrogens is 212 g/mol. The Balaban J connectivity index is 2.34. The monoisotopic (exact) mass is 234 g/mol. The summed E-state index contributed by atoms with van der Waals surface area (Å²) in [6, 6.07) is 0. The minimum atomic E-state index is -0.713. The normalized spacial score (nSPS) is 32.8. The first-order chi connectivity index (χ1) is 8.00. The van der Waals surface area contributed by atoms with Crippen molar-refractivity contribution >= 4 is 5.97 Å². The summed E-state index contributed by atoms with van der Waals surface area (Å²) in [5.41, 5.74) is 2.10. The second kappa shape index (κ2) is 4.67. The number of rotatable bonds is 2. The zero-order valence-electron chi connectivity index (χ0n) is 10.9. The van der Waals surface area contributed by atoms with Crippen molar-refractivity contribution in [2.75, 3.05) is 0 Å². The van der Waals surface area contributed by atoms with E-state index in [0.717, 1.165) is 19.3 Å². The van der Waals surface area contributed by atoms with E-state index < -0.39 is 5.97 Å². The van der Waals surface area contributed by atoms with Crippen LogP contribution >= 0.6 is 0 Å². The zero-order chi connectivity index (χ0) is 12.6. The molecule has 17 heavy (non-hydrogen) atoms. The highest BCUT2D eigenvalue weighted by Gasteiger charge is 2.38. The SMILES string of the molecule is CC1=C[C@@H]2[C@H](CC1)C(C(=O)O)=CC[C@H]2C(C)C. The molecule has 2 aliphatic carbocycles. The number of carbonyl (C=O) groups is 1. The topological polar surface area (TPSA) is 37.3 Å². The van der Waals surface area contributed by atoms with Crippen molar-refractivity contribution in [2.24, 2.45) is 23.7 Å². The van der Waals surface area contributed by atoms with Gasteiger partial charge in [0, 0.05) is 5.57 Å². The Labute approximate surface area is 103 Å². The molecule has 0 saturated carbocycles. The van der Waals surface area contributed by atoms with E-state index in [4.69, 9.17) is 0 Å². The molecule has 0 saturated heterocycles. The molecule has 0 aromatic carbocycles. The van der Waals surface area contributed by atoms with Crippen LogP contribution in [-0.2, 0) is 4.79 Å². The predicted octanol–water partition coefficient (Wildman–Crippen LogP) is 3.65. The Bertz CT molecular complexity index is 376. The number of allylic oxidation sites excluding steroid dienone is 3. The Morgan fingerprint density at radius 2 is 2.18 bits per heavy atom. The molecule has 0 unspecified atom stereocenters. The lowest BCUT2D eigenvalue weighted by atomic mass is 9.64. The molecule has 3 atom stereocenters. The summed E-state index contributed by atoms with van der Waals surface area (Å²) in [6.45, 7) is 6.67. The van der Waals surface area contributed by atoms with Crippen molar-refractivity contribution in [2.45, 2.75) is 40.0 Å². The average molecular weight is 234 g/mol. The molecule has 1 N–H and O–H groups in total. The van der Waals surface area contributed by atoms with Gasteiger partial charge in [-0.1, -0.05) is 31.6 Å². The minimum absolute atomic E-state index is 0.248. The van der Waals surface area contributed by atoms with E-state index in [2.05, 4.69) is 26.8 Å². The van der Waals surface area contributed by atoms with Gasteiger partial charge in [0.15, 0.2) is 0 Å². The third kappa shape index (κ3) is 2.31. The molecule has 94 valence electrons. The van der Waals surface area contributed by atoms with Crippen LogP contribution in [0.4, 0.5) is 0 Å². The molecule has 0 fully saturated rings. The van der Waals surface area contributed by atoms with Gasteiger partial charge < -0.3 is 5.11 Å². The van der Waals surface area contributed by atoms with Crippen LogP contribution in [0.5, 0.6) is 0 Å².